The number of hydrazone groups is 1. The Balaban J connectivity index is 1.77. The second-order valence-corrected chi connectivity index (χ2v) is 6.14. The molecule has 0 saturated carbocycles. The molecule has 0 unspecified atom stereocenters. The number of nitrogens with one attached hydrogen (secondary N) is 1. The fraction of sp³-hybridized carbons (Fsp3) is 0.412. The second-order valence-electron chi connectivity index (χ2n) is 6.14. The predicted octanol–water partition coefficient (Wildman–Crippen LogP) is 3.68. The molecular formula is C17H18F4N4O. The quantitative estimate of drug-likeness (QED) is 0.378. The van der Waals surface area contributed by atoms with Crippen LogP contribution in [0.3, 0.4) is 0 Å². The van der Waals surface area contributed by atoms with Crippen molar-refractivity contribution in [1.82, 2.24) is 9.55 Å². The highest BCUT2D eigenvalue weighted by Gasteiger charge is 2.21. The van der Waals surface area contributed by atoms with Gasteiger partial charge in [-0.1, -0.05) is 0 Å². The minimum Gasteiger partial charge on any atom is -0.376 e. The van der Waals surface area contributed by atoms with E-state index in [1.807, 2.05) is 25.3 Å². The smallest absolute Gasteiger partial charge is 0.254 e. The summed E-state index contributed by atoms with van der Waals surface area (Å²) in [7, 11) is 0. The van der Waals surface area contributed by atoms with E-state index in [0.717, 1.165) is 30.8 Å². The maximum Gasteiger partial charge on any atom is 0.254 e. The fourth-order valence-corrected chi connectivity index (χ4v) is 2.98. The number of aryl methyl sites for hydroxylation is 1. The van der Waals surface area contributed by atoms with Crippen LogP contribution in [0.5, 0.6) is 0 Å². The van der Waals surface area contributed by atoms with E-state index in [2.05, 4.69) is 14.7 Å². The monoisotopic (exact) mass is 370 g/mol. The minimum absolute atomic E-state index is 0.161. The third-order valence-electron chi connectivity index (χ3n) is 4.40. The standard InChI is InChI=1S/C17H18F4N4O/c1-9-6-11(10(2)25(9)8-12-4-3-5-26-12)7-22-24-15-13(18)16(20)23-17(21)14(15)19/h6-7,12H,3-5,8H2,1-2H3,(H,23,24)/b22-7-/t12-/m1/s1. The van der Waals surface area contributed by atoms with E-state index in [0.29, 0.717) is 12.1 Å². The van der Waals surface area contributed by atoms with Crippen molar-refractivity contribution in [2.24, 2.45) is 5.10 Å². The molecule has 0 bridgehead atoms. The lowest BCUT2D eigenvalue weighted by Crippen LogP contribution is -2.16. The van der Waals surface area contributed by atoms with Crippen LogP contribution in [0.1, 0.15) is 29.8 Å². The van der Waals surface area contributed by atoms with Crippen LogP contribution in [0.2, 0.25) is 0 Å². The molecule has 0 spiro atoms. The molecule has 26 heavy (non-hydrogen) atoms. The zero-order chi connectivity index (χ0) is 18.8. The number of anilines is 1. The normalized spacial score (nSPS) is 17.4. The number of hydrogen-bond acceptors (Lipinski definition) is 4. The number of halogens is 4. The molecule has 0 aromatic carbocycles. The fourth-order valence-electron chi connectivity index (χ4n) is 2.98. The van der Waals surface area contributed by atoms with Crippen molar-refractivity contribution < 1.29 is 22.3 Å². The van der Waals surface area contributed by atoms with E-state index in [1.165, 1.54) is 6.21 Å². The van der Waals surface area contributed by atoms with Gasteiger partial charge in [0.2, 0.25) is 11.6 Å². The van der Waals surface area contributed by atoms with Crippen molar-refractivity contribution in [2.45, 2.75) is 39.3 Å². The lowest BCUT2D eigenvalue weighted by atomic mass is 10.2. The van der Waals surface area contributed by atoms with E-state index in [4.69, 9.17) is 4.74 Å². The molecule has 1 aliphatic heterocycles. The van der Waals surface area contributed by atoms with Gasteiger partial charge in [-0.2, -0.15) is 27.6 Å². The van der Waals surface area contributed by atoms with E-state index in [1.54, 1.807) is 0 Å². The van der Waals surface area contributed by atoms with Crippen LogP contribution in [0.15, 0.2) is 11.2 Å². The Morgan fingerprint density at radius 2 is 1.96 bits per heavy atom. The van der Waals surface area contributed by atoms with Crippen LogP contribution in [0.25, 0.3) is 0 Å². The zero-order valence-corrected chi connectivity index (χ0v) is 14.3. The van der Waals surface area contributed by atoms with Gasteiger partial charge in [0, 0.05) is 30.1 Å². The molecule has 1 saturated heterocycles. The molecule has 1 fully saturated rings. The summed E-state index contributed by atoms with van der Waals surface area (Å²) in [4.78, 5) is 2.49. The number of aromatic nitrogens is 2. The van der Waals surface area contributed by atoms with Crippen LogP contribution < -0.4 is 5.43 Å². The lowest BCUT2D eigenvalue weighted by molar-refractivity contribution is 0.0962. The number of rotatable bonds is 5. The first kappa shape index (κ1) is 18.4. The molecule has 140 valence electrons. The summed E-state index contributed by atoms with van der Waals surface area (Å²) in [6.45, 7) is 5.29. The first-order chi connectivity index (χ1) is 12.4. The van der Waals surface area contributed by atoms with Crippen molar-refractivity contribution in [1.29, 1.82) is 0 Å². The number of nitrogens with zero attached hydrogens (tertiary/aromatic N) is 3. The van der Waals surface area contributed by atoms with Crippen molar-refractivity contribution in [2.75, 3.05) is 12.0 Å². The van der Waals surface area contributed by atoms with Crippen LogP contribution in [-0.2, 0) is 11.3 Å². The summed E-state index contributed by atoms with van der Waals surface area (Å²) in [5, 5.41) is 3.70. The molecular weight excluding hydrogens is 352 g/mol. The molecule has 3 rings (SSSR count). The molecule has 3 heterocycles. The van der Waals surface area contributed by atoms with Gasteiger partial charge in [-0.05, 0) is 32.8 Å². The highest BCUT2D eigenvalue weighted by molar-refractivity contribution is 5.82. The maximum absolute atomic E-state index is 13.5. The number of pyridine rings is 1. The van der Waals surface area contributed by atoms with Crippen LogP contribution in [0.4, 0.5) is 23.2 Å². The Morgan fingerprint density at radius 3 is 2.58 bits per heavy atom. The Hall–Kier alpha value is -2.42. The largest absolute Gasteiger partial charge is 0.376 e. The van der Waals surface area contributed by atoms with Gasteiger partial charge in [0.25, 0.3) is 11.9 Å². The molecule has 0 aliphatic carbocycles. The van der Waals surface area contributed by atoms with E-state index in [9.17, 15) is 17.6 Å². The molecule has 1 aliphatic rings. The summed E-state index contributed by atoms with van der Waals surface area (Å²) >= 11 is 0. The van der Waals surface area contributed by atoms with Crippen molar-refractivity contribution in [3.63, 3.8) is 0 Å². The summed E-state index contributed by atoms with van der Waals surface area (Å²) in [5.74, 6) is -6.75. The molecule has 9 heteroatoms. The van der Waals surface area contributed by atoms with E-state index >= 15 is 0 Å². The SMILES string of the molecule is Cc1cc(/C=N\Nc2c(F)c(F)nc(F)c2F)c(C)n1C[C@H]1CCCO1. The van der Waals surface area contributed by atoms with Crippen molar-refractivity contribution >= 4 is 11.9 Å². The molecule has 1 N–H and O–H groups in total. The molecule has 0 amide bonds. The molecule has 1 atom stereocenters. The third kappa shape index (κ3) is 3.57. The van der Waals surface area contributed by atoms with E-state index in [-0.39, 0.29) is 6.10 Å². The maximum atomic E-state index is 13.5. The molecule has 5 nitrogen and oxygen atoms in total. The van der Waals surface area contributed by atoms with Gasteiger partial charge < -0.3 is 9.30 Å². The Morgan fingerprint density at radius 1 is 1.27 bits per heavy atom. The second kappa shape index (κ2) is 7.45. The summed E-state index contributed by atoms with van der Waals surface area (Å²) < 4.78 is 61.0. The third-order valence-corrected chi connectivity index (χ3v) is 4.40. The highest BCUT2D eigenvalue weighted by atomic mass is 19.2. The van der Waals surface area contributed by atoms with Crippen LogP contribution in [0, 0.1) is 37.4 Å². The van der Waals surface area contributed by atoms with Gasteiger partial charge in [0.15, 0.2) is 0 Å². The van der Waals surface area contributed by atoms with E-state index < -0.39 is 29.2 Å². The first-order valence-corrected chi connectivity index (χ1v) is 8.16. The van der Waals surface area contributed by atoms with Gasteiger partial charge in [0.1, 0.15) is 5.69 Å². The van der Waals surface area contributed by atoms with Crippen LogP contribution >= 0.6 is 0 Å². The van der Waals surface area contributed by atoms with Gasteiger partial charge in [-0.3, -0.25) is 5.43 Å². The molecule has 0 radical (unpaired) electrons. The van der Waals surface area contributed by atoms with Gasteiger partial charge in [-0.25, -0.2) is 0 Å². The first-order valence-electron chi connectivity index (χ1n) is 8.16. The minimum atomic E-state index is -1.74. The predicted molar refractivity (Wildman–Crippen MR) is 88.2 cm³/mol. The topological polar surface area (TPSA) is 51.4 Å². The Labute approximate surface area is 147 Å². The Kier molecular flexibility index (Phi) is 5.26. The van der Waals surface area contributed by atoms with Gasteiger partial charge in [0.05, 0.1) is 12.3 Å². The lowest BCUT2D eigenvalue weighted by Gasteiger charge is -2.14. The average molecular weight is 370 g/mol. The molecule has 2 aromatic heterocycles. The van der Waals surface area contributed by atoms with Crippen molar-refractivity contribution in [3.05, 3.63) is 46.5 Å². The summed E-state index contributed by atoms with van der Waals surface area (Å²) in [6.07, 6.45) is 3.54. The van der Waals surface area contributed by atoms with Gasteiger partial charge >= 0.3 is 0 Å². The number of hydrogen-bond donors (Lipinski definition) is 1. The average Bonchev–Trinajstić information content (AvgIpc) is 3.20. The highest BCUT2D eigenvalue weighted by Crippen LogP contribution is 2.22. The Bertz CT molecular complexity index is 818. The number of ether oxygens (including phenoxy) is 1. The van der Waals surface area contributed by atoms with Gasteiger partial charge in [-0.15, -0.1) is 0 Å². The van der Waals surface area contributed by atoms with Crippen LogP contribution in [-0.4, -0.2) is 28.5 Å². The molecule has 2 aromatic rings. The van der Waals surface area contributed by atoms with Crippen molar-refractivity contribution in [3.8, 4) is 0 Å². The zero-order valence-electron chi connectivity index (χ0n) is 14.3. The summed E-state index contributed by atoms with van der Waals surface area (Å²) in [5.41, 5.74) is 3.57. The summed E-state index contributed by atoms with van der Waals surface area (Å²) in [6, 6.07) is 1.86.